The quantitative estimate of drug-likeness (QED) is 0.900. The van der Waals surface area contributed by atoms with Gasteiger partial charge in [0.2, 0.25) is 5.91 Å². The number of benzene rings is 1. The van der Waals surface area contributed by atoms with Crippen molar-refractivity contribution in [3.05, 3.63) is 29.8 Å². The van der Waals surface area contributed by atoms with Gasteiger partial charge in [-0.15, -0.1) is 0 Å². The minimum atomic E-state index is 0.229. The van der Waals surface area contributed by atoms with Gasteiger partial charge in [0.05, 0.1) is 6.61 Å². The monoisotopic (exact) mass is 330 g/mol. The highest BCUT2D eigenvalue weighted by Crippen LogP contribution is 2.29. The maximum atomic E-state index is 11.9. The smallest absolute Gasteiger partial charge is 0.220 e. The fourth-order valence-electron chi connectivity index (χ4n) is 3.83. The number of ether oxygens (including phenoxy) is 1. The lowest BCUT2D eigenvalue weighted by molar-refractivity contribution is -0.122. The molecule has 2 aliphatic rings. The van der Waals surface area contributed by atoms with Crippen LogP contribution in [0.5, 0.6) is 5.75 Å². The number of hydrogen-bond donors (Lipinski definition) is 1. The van der Waals surface area contributed by atoms with Crippen LogP contribution in [0.2, 0.25) is 0 Å². The molecule has 132 valence electrons. The van der Waals surface area contributed by atoms with Crippen molar-refractivity contribution in [2.75, 3.05) is 13.2 Å². The first-order valence-electron chi connectivity index (χ1n) is 9.37. The second-order valence-electron chi connectivity index (χ2n) is 7.56. The number of para-hydroxylation sites is 1. The summed E-state index contributed by atoms with van der Waals surface area (Å²) in [5.41, 5.74) is 1.26. The van der Waals surface area contributed by atoms with E-state index in [4.69, 9.17) is 4.74 Å². The Labute approximate surface area is 145 Å². The standard InChI is InChI=1S/C20H30N2O2/c1-15(2)14-24-19-9-5-3-7-16(19)13-22-12-11-17-18(22)8-4-6-10-20(23)21-17/h3,5,7,9,15,17-18H,4,6,8,10-14H2,1-2H3,(H,21,23)/t17-,18+/m0/s1. The fraction of sp³-hybridized carbons (Fsp3) is 0.650. The molecule has 0 saturated carbocycles. The number of likely N-dealkylation sites (tertiary alicyclic amines) is 1. The van der Waals surface area contributed by atoms with Crippen LogP contribution in [0.15, 0.2) is 24.3 Å². The summed E-state index contributed by atoms with van der Waals surface area (Å²) in [5.74, 6) is 1.76. The summed E-state index contributed by atoms with van der Waals surface area (Å²) in [4.78, 5) is 14.4. The number of hydrogen-bond acceptors (Lipinski definition) is 3. The lowest BCUT2D eigenvalue weighted by Crippen LogP contribution is -2.45. The van der Waals surface area contributed by atoms with Gasteiger partial charge in [0.25, 0.3) is 0 Å². The Morgan fingerprint density at radius 2 is 2.08 bits per heavy atom. The van der Waals surface area contributed by atoms with E-state index in [2.05, 4.69) is 42.3 Å². The van der Waals surface area contributed by atoms with E-state index in [1.165, 1.54) is 12.0 Å². The van der Waals surface area contributed by atoms with Crippen molar-refractivity contribution in [1.29, 1.82) is 0 Å². The van der Waals surface area contributed by atoms with Gasteiger partial charge < -0.3 is 10.1 Å². The molecule has 0 aliphatic carbocycles. The molecule has 1 aromatic carbocycles. The van der Waals surface area contributed by atoms with E-state index < -0.39 is 0 Å². The van der Waals surface area contributed by atoms with Crippen LogP contribution in [0, 0.1) is 5.92 Å². The molecule has 2 fully saturated rings. The van der Waals surface area contributed by atoms with Gasteiger partial charge in [-0.2, -0.15) is 0 Å². The highest BCUT2D eigenvalue weighted by molar-refractivity contribution is 5.76. The molecule has 0 spiro atoms. The Morgan fingerprint density at radius 3 is 2.92 bits per heavy atom. The summed E-state index contributed by atoms with van der Waals surface area (Å²) in [7, 11) is 0. The lowest BCUT2D eigenvalue weighted by atomic mass is 9.98. The molecule has 2 heterocycles. The van der Waals surface area contributed by atoms with Gasteiger partial charge in [-0.1, -0.05) is 38.5 Å². The molecule has 1 N–H and O–H groups in total. The first kappa shape index (κ1) is 17.3. The molecule has 1 amide bonds. The van der Waals surface area contributed by atoms with Crippen molar-refractivity contribution in [1.82, 2.24) is 10.2 Å². The average Bonchev–Trinajstić information content (AvgIpc) is 2.89. The predicted octanol–water partition coefficient (Wildman–Crippen LogP) is 3.35. The van der Waals surface area contributed by atoms with Crippen molar-refractivity contribution in [3.8, 4) is 5.75 Å². The largest absolute Gasteiger partial charge is 0.493 e. The molecule has 0 bridgehead atoms. The number of carbonyl (C=O) groups excluding carboxylic acids is 1. The van der Waals surface area contributed by atoms with E-state index in [0.29, 0.717) is 24.4 Å². The minimum absolute atomic E-state index is 0.229. The summed E-state index contributed by atoms with van der Waals surface area (Å²) >= 11 is 0. The van der Waals surface area contributed by atoms with E-state index in [1.807, 2.05) is 6.07 Å². The van der Waals surface area contributed by atoms with E-state index in [1.54, 1.807) is 0 Å². The molecule has 0 aromatic heterocycles. The first-order valence-corrected chi connectivity index (χ1v) is 9.37. The Kier molecular flexibility index (Phi) is 5.77. The number of rotatable bonds is 5. The highest BCUT2D eigenvalue weighted by atomic mass is 16.5. The second-order valence-corrected chi connectivity index (χ2v) is 7.56. The summed E-state index contributed by atoms with van der Waals surface area (Å²) in [6.07, 6.45) is 5.09. The van der Waals surface area contributed by atoms with E-state index in [9.17, 15) is 4.79 Å². The van der Waals surface area contributed by atoms with Gasteiger partial charge in [-0.25, -0.2) is 0 Å². The van der Waals surface area contributed by atoms with Crippen molar-refractivity contribution < 1.29 is 9.53 Å². The van der Waals surface area contributed by atoms with Crippen molar-refractivity contribution >= 4 is 5.91 Å². The molecule has 4 heteroatoms. The van der Waals surface area contributed by atoms with Crippen LogP contribution in [0.1, 0.15) is 51.5 Å². The molecule has 2 aliphatic heterocycles. The van der Waals surface area contributed by atoms with Gasteiger partial charge in [-0.3, -0.25) is 9.69 Å². The second kappa shape index (κ2) is 8.02. The Bertz CT molecular complexity index is 558. The molecular formula is C20H30N2O2. The normalized spacial score (nSPS) is 25.0. The maximum Gasteiger partial charge on any atom is 0.220 e. The SMILES string of the molecule is CC(C)COc1ccccc1CN1CC[C@@H]2NC(=O)CCCC[C@H]21. The molecule has 2 saturated heterocycles. The Hall–Kier alpha value is -1.55. The number of fused-ring (bicyclic) bond motifs is 1. The zero-order valence-electron chi connectivity index (χ0n) is 15.0. The van der Waals surface area contributed by atoms with Gasteiger partial charge in [-0.05, 0) is 31.2 Å². The third kappa shape index (κ3) is 4.29. The Balaban J connectivity index is 1.68. The van der Waals surface area contributed by atoms with Crippen LogP contribution >= 0.6 is 0 Å². The summed E-state index contributed by atoms with van der Waals surface area (Å²) in [6, 6.07) is 9.16. The average molecular weight is 330 g/mol. The molecule has 0 unspecified atom stereocenters. The predicted molar refractivity (Wildman–Crippen MR) is 96.0 cm³/mol. The summed E-state index contributed by atoms with van der Waals surface area (Å²) < 4.78 is 6.01. The third-order valence-electron chi connectivity index (χ3n) is 5.08. The topological polar surface area (TPSA) is 41.6 Å². The lowest BCUT2D eigenvalue weighted by Gasteiger charge is -2.30. The molecule has 4 nitrogen and oxygen atoms in total. The highest BCUT2D eigenvalue weighted by Gasteiger charge is 2.35. The number of nitrogens with zero attached hydrogens (tertiary/aromatic N) is 1. The molecule has 1 aromatic rings. The van der Waals surface area contributed by atoms with E-state index in [-0.39, 0.29) is 5.91 Å². The van der Waals surface area contributed by atoms with E-state index >= 15 is 0 Å². The molecule has 0 radical (unpaired) electrons. The molecular weight excluding hydrogens is 300 g/mol. The molecule has 2 atom stereocenters. The van der Waals surface area contributed by atoms with Gasteiger partial charge in [0.15, 0.2) is 0 Å². The number of amides is 1. The zero-order valence-corrected chi connectivity index (χ0v) is 15.0. The van der Waals surface area contributed by atoms with Crippen molar-refractivity contribution in [2.45, 2.75) is 64.6 Å². The summed E-state index contributed by atoms with van der Waals surface area (Å²) in [5, 5.41) is 3.24. The molecule has 3 rings (SSSR count). The third-order valence-corrected chi connectivity index (χ3v) is 5.08. The Morgan fingerprint density at radius 1 is 1.25 bits per heavy atom. The summed E-state index contributed by atoms with van der Waals surface area (Å²) in [6.45, 7) is 7.05. The molecule has 24 heavy (non-hydrogen) atoms. The zero-order chi connectivity index (χ0) is 16.9. The van der Waals surface area contributed by atoms with Crippen LogP contribution < -0.4 is 10.1 Å². The van der Waals surface area contributed by atoms with Gasteiger partial charge in [0.1, 0.15) is 5.75 Å². The van der Waals surface area contributed by atoms with Gasteiger partial charge >= 0.3 is 0 Å². The van der Waals surface area contributed by atoms with Gasteiger partial charge in [0, 0.05) is 37.2 Å². The fourth-order valence-corrected chi connectivity index (χ4v) is 3.83. The van der Waals surface area contributed by atoms with Crippen LogP contribution in [0.3, 0.4) is 0 Å². The number of nitrogens with one attached hydrogen (secondary N) is 1. The van der Waals surface area contributed by atoms with Crippen LogP contribution in [-0.4, -0.2) is 36.0 Å². The maximum absolute atomic E-state index is 11.9. The van der Waals surface area contributed by atoms with Crippen molar-refractivity contribution in [2.24, 2.45) is 5.92 Å². The number of carbonyl (C=O) groups is 1. The van der Waals surface area contributed by atoms with Crippen LogP contribution in [-0.2, 0) is 11.3 Å². The first-order chi connectivity index (χ1) is 11.6. The van der Waals surface area contributed by atoms with Crippen LogP contribution in [0.4, 0.5) is 0 Å². The van der Waals surface area contributed by atoms with Crippen LogP contribution in [0.25, 0.3) is 0 Å². The van der Waals surface area contributed by atoms with E-state index in [0.717, 1.165) is 44.7 Å². The minimum Gasteiger partial charge on any atom is -0.493 e. The van der Waals surface area contributed by atoms with Crippen molar-refractivity contribution in [3.63, 3.8) is 0 Å².